The van der Waals surface area contributed by atoms with E-state index < -0.39 is 23.0 Å². The summed E-state index contributed by atoms with van der Waals surface area (Å²) in [6, 6.07) is 0. The molecule has 0 saturated heterocycles. The highest BCUT2D eigenvalue weighted by Crippen LogP contribution is 2.17. The van der Waals surface area contributed by atoms with Gasteiger partial charge in [-0.1, -0.05) is 0 Å². The molecule has 10 nitrogen and oxygen atoms in total. The second-order valence-corrected chi connectivity index (χ2v) is 6.32. The van der Waals surface area contributed by atoms with Gasteiger partial charge >= 0.3 is 11.9 Å². The fourth-order valence-electron chi connectivity index (χ4n) is 1.31. The second-order valence-electron chi connectivity index (χ2n) is 6.32. The van der Waals surface area contributed by atoms with Crippen molar-refractivity contribution in [3.63, 3.8) is 0 Å². The third kappa shape index (κ3) is 11.1. The first-order valence-electron chi connectivity index (χ1n) is 8.32. The number of hydrogen-bond acceptors (Lipinski definition) is 9. The predicted octanol–water partition coefficient (Wildman–Crippen LogP) is 0.666. The number of rotatable bonds is 15. The number of aliphatic carboxylic acids is 1. The van der Waals surface area contributed by atoms with E-state index in [0.717, 1.165) is 0 Å². The highest BCUT2D eigenvalue weighted by atomic mass is 16.6. The van der Waals surface area contributed by atoms with Gasteiger partial charge in [0.25, 0.3) is 0 Å². The van der Waals surface area contributed by atoms with E-state index in [1.165, 1.54) is 27.7 Å². The van der Waals surface area contributed by atoms with Gasteiger partial charge in [0.05, 0.1) is 46.2 Å². The smallest absolute Gasteiger partial charge is 0.335 e. The molecule has 0 aromatic carbocycles. The lowest BCUT2D eigenvalue weighted by molar-refractivity contribution is -0.151. The van der Waals surface area contributed by atoms with E-state index in [1.807, 2.05) is 0 Å². The molecule has 0 aliphatic rings. The molecule has 152 valence electrons. The lowest BCUT2D eigenvalue weighted by atomic mass is 10.1. The minimum absolute atomic E-state index is 0.0165. The van der Waals surface area contributed by atoms with Gasteiger partial charge in [-0.15, -0.1) is 0 Å². The number of hydrogen-bond donors (Lipinski definition) is 2. The zero-order chi connectivity index (χ0) is 20.1. The number of carbonyl (C=O) groups is 2. The molecule has 0 aromatic rings. The van der Waals surface area contributed by atoms with Gasteiger partial charge in [-0.2, -0.15) is 10.2 Å². The van der Waals surface area contributed by atoms with E-state index in [-0.39, 0.29) is 26.4 Å². The molecular weight excluding hydrogens is 348 g/mol. The van der Waals surface area contributed by atoms with Crippen LogP contribution < -0.4 is 0 Å². The van der Waals surface area contributed by atoms with Crippen molar-refractivity contribution < 1.29 is 38.7 Å². The fourth-order valence-corrected chi connectivity index (χ4v) is 1.31. The lowest BCUT2D eigenvalue weighted by Gasteiger charge is -2.19. The van der Waals surface area contributed by atoms with Crippen LogP contribution in [0.2, 0.25) is 0 Å². The Balaban J connectivity index is 3.87. The van der Waals surface area contributed by atoms with Gasteiger partial charge in [0, 0.05) is 0 Å². The third-order valence-corrected chi connectivity index (χ3v) is 3.01. The number of carbonyl (C=O) groups excluding carboxylic acids is 1. The molecule has 0 saturated carbocycles. The van der Waals surface area contributed by atoms with Crippen LogP contribution in [0.3, 0.4) is 0 Å². The van der Waals surface area contributed by atoms with E-state index in [4.69, 9.17) is 29.2 Å². The van der Waals surface area contributed by atoms with Gasteiger partial charge in [-0.3, -0.25) is 0 Å². The third-order valence-electron chi connectivity index (χ3n) is 3.01. The molecule has 0 aliphatic heterocycles. The van der Waals surface area contributed by atoms with Crippen molar-refractivity contribution in [3.05, 3.63) is 0 Å². The molecule has 10 heteroatoms. The maximum Gasteiger partial charge on any atom is 0.335 e. The van der Waals surface area contributed by atoms with E-state index >= 15 is 0 Å². The number of carboxylic acids is 1. The van der Waals surface area contributed by atoms with Crippen LogP contribution in [0.1, 0.15) is 27.7 Å². The molecule has 0 spiro atoms. The summed E-state index contributed by atoms with van der Waals surface area (Å²) in [6.45, 7) is 7.78. The average molecular weight is 378 g/mol. The van der Waals surface area contributed by atoms with Crippen molar-refractivity contribution in [3.8, 4) is 0 Å². The number of ether oxygens (including phenoxy) is 4. The summed E-state index contributed by atoms with van der Waals surface area (Å²) in [5.41, 5.74) is -2.70. The Kier molecular flexibility index (Phi) is 11.9. The number of aliphatic hydroxyl groups is 1. The number of azo groups is 1. The van der Waals surface area contributed by atoms with Crippen LogP contribution in [-0.2, 0) is 28.5 Å². The second kappa shape index (κ2) is 12.7. The van der Waals surface area contributed by atoms with Crippen LogP contribution in [0, 0.1) is 0 Å². The van der Waals surface area contributed by atoms with E-state index in [0.29, 0.717) is 26.4 Å². The summed E-state index contributed by atoms with van der Waals surface area (Å²) >= 11 is 0. The van der Waals surface area contributed by atoms with Crippen molar-refractivity contribution in [2.45, 2.75) is 38.8 Å². The Morgan fingerprint density at radius 2 is 1.19 bits per heavy atom. The topological polar surface area (TPSA) is 136 Å². The highest BCUT2D eigenvalue weighted by Gasteiger charge is 2.33. The van der Waals surface area contributed by atoms with Crippen LogP contribution in [0.5, 0.6) is 0 Å². The first-order chi connectivity index (χ1) is 12.1. The normalized spacial score (nSPS) is 12.5. The monoisotopic (exact) mass is 378 g/mol. The Labute approximate surface area is 153 Å². The van der Waals surface area contributed by atoms with Gasteiger partial charge in [-0.25, -0.2) is 9.59 Å². The van der Waals surface area contributed by atoms with Crippen LogP contribution in [-0.4, -0.2) is 86.1 Å². The Bertz CT molecular complexity index is 452. The molecule has 0 radical (unpaired) electrons. The summed E-state index contributed by atoms with van der Waals surface area (Å²) < 4.78 is 20.6. The number of carboxylic acid groups (broad SMARTS) is 1. The molecule has 26 heavy (non-hydrogen) atoms. The minimum Gasteiger partial charge on any atom is -0.479 e. The maximum atomic E-state index is 12.0. The standard InChI is InChI=1S/C16H30N2O8/c1-15(2,13(20)21)17-18-16(3,4)14(22)26-12-11-25-10-9-24-8-7-23-6-5-19/h19H,5-12H2,1-4H3,(H,20,21). The van der Waals surface area contributed by atoms with Crippen molar-refractivity contribution in [1.29, 1.82) is 0 Å². The van der Waals surface area contributed by atoms with E-state index in [1.54, 1.807) is 0 Å². The van der Waals surface area contributed by atoms with Crippen LogP contribution >= 0.6 is 0 Å². The van der Waals surface area contributed by atoms with Crippen LogP contribution in [0.15, 0.2) is 10.2 Å². The molecule has 2 N–H and O–H groups in total. The van der Waals surface area contributed by atoms with Gasteiger partial charge in [0.2, 0.25) is 0 Å². The van der Waals surface area contributed by atoms with Gasteiger partial charge in [-0.05, 0) is 27.7 Å². The fraction of sp³-hybridized carbons (Fsp3) is 0.875. The molecule has 0 unspecified atom stereocenters. The first-order valence-corrected chi connectivity index (χ1v) is 8.32. The van der Waals surface area contributed by atoms with Crippen molar-refractivity contribution >= 4 is 11.9 Å². The zero-order valence-corrected chi connectivity index (χ0v) is 15.9. The summed E-state index contributed by atoms with van der Waals surface area (Å²) in [6.07, 6.45) is 0. The Morgan fingerprint density at radius 1 is 0.769 bits per heavy atom. The quantitative estimate of drug-likeness (QED) is 0.241. The molecule has 0 fully saturated rings. The summed E-state index contributed by atoms with van der Waals surface area (Å²) in [5, 5.41) is 25.0. The Hall–Kier alpha value is -1.62. The number of aliphatic hydroxyl groups excluding tert-OH is 1. The lowest BCUT2D eigenvalue weighted by Crippen LogP contribution is -2.34. The summed E-state index contributed by atoms with van der Waals surface area (Å²) in [5.74, 6) is -1.76. The van der Waals surface area contributed by atoms with Gasteiger partial charge in [0.1, 0.15) is 6.61 Å². The zero-order valence-electron chi connectivity index (χ0n) is 15.9. The molecule has 0 atom stereocenters. The van der Waals surface area contributed by atoms with Crippen molar-refractivity contribution in [2.24, 2.45) is 10.2 Å². The first kappa shape index (κ1) is 24.4. The molecule has 0 heterocycles. The van der Waals surface area contributed by atoms with Gasteiger partial charge < -0.3 is 29.2 Å². The van der Waals surface area contributed by atoms with Gasteiger partial charge in [0.15, 0.2) is 11.1 Å². The average Bonchev–Trinajstić information content (AvgIpc) is 2.57. The minimum atomic E-state index is -1.41. The van der Waals surface area contributed by atoms with Crippen molar-refractivity contribution in [1.82, 2.24) is 0 Å². The summed E-state index contributed by atoms with van der Waals surface area (Å²) in [7, 11) is 0. The molecule has 0 amide bonds. The van der Waals surface area contributed by atoms with Crippen LogP contribution in [0.25, 0.3) is 0 Å². The molecule has 0 aromatic heterocycles. The Morgan fingerprint density at radius 3 is 1.65 bits per heavy atom. The predicted molar refractivity (Wildman–Crippen MR) is 91.2 cm³/mol. The molecule has 0 rings (SSSR count). The number of esters is 1. The maximum absolute atomic E-state index is 12.0. The van der Waals surface area contributed by atoms with E-state index in [2.05, 4.69) is 10.2 Å². The SMILES string of the molecule is CC(C)(N=NC(C)(C)C(=O)OCCOCCOCCOCCO)C(=O)O. The highest BCUT2D eigenvalue weighted by molar-refractivity contribution is 5.80. The number of nitrogens with zero attached hydrogens (tertiary/aromatic N) is 2. The van der Waals surface area contributed by atoms with Crippen LogP contribution in [0.4, 0.5) is 0 Å². The van der Waals surface area contributed by atoms with Crippen molar-refractivity contribution in [2.75, 3.05) is 52.9 Å². The molecule has 0 aliphatic carbocycles. The summed E-state index contributed by atoms with van der Waals surface area (Å²) in [4.78, 5) is 23.0. The molecular formula is C16H30N2O8. The van der Waals surface area contributed by atoms with E-state index in [9.17, 15) is 9.59 Å². The largest absolute Gasteiger partial charge is 0.479 e. The molecule has 0 bridgehead atoms.